The van der Waals surface area contributed by atoms with Crippen LogP contribution in [0.2, 0.25) is 5.28 Å². The highest BCUT2D eigenvalue weighted by molar-refractivity contribution is 6.29. The van der Waals surface area contributed by atoms with Gasteiger partial charge in [0.15, 0.2) is 0 Å². The molecule has 3 rings (SSSR count). The highest BCUT2D eigenvalue weighted by Gasteiger charge is 2.22. The molecule has 0 aliphatic rings. The molecule has 0 radical (unpaired) electrons. The zero-order valence-electron chi connectivity index (χ0n) is 17.7. The Morgan fingerprint density at radius 1 is 1.18 bits per heavy atom. The summed E-state index contributed by atoms with van der Waals surface area (Å²) >= 11 is 6.30. The second kappa shape index (κ2) is 7.63. The third-order valence-corrected chi connectivity index (χ3v) is 5.78. The summed E-state index contributed by atoms with van der Waals surface area (Å²) in [5, 5.41) is 0.450. The Morgan fingerprint density at radius 3 is 2.39 bits per heavy atom. The van der Waals surface area contributed by atoms with Gasteiger partial charge < -0.3 is 14.0 Å². The first kappa shape index (κ1) is 20.5. The molecule has 0 atom stereocenters. The first-order valence-corrected chi connectivity index (χ1v) is 10.1. The topological polar surface area (TPSA) is 43.1 Å². The van der Waals surface area contributed by atoms with E-state index in [9.17, 15) is 4.79 Å². The van der Waals surface area contributed by atoms with Crippen LogP contribution in [0, 0.1) is 13.8 Å². The summed E-state index contributed by atoms with van der Waals surface area (Å²) in [6.45, 7) is 13.0. The lowest BCUT2D eigenvalue weighted by atomic mass is 10.1. The SMILES string of the molecule is Cc1cc(CN(C(=O)c2ccc3c(c2)nc(Cl)n3C(C)C)C(C)C)c(C)n1C. The average molecular weight is 401 g/mol. The van der Waals surface area contributed by atoms with Gasteiger partial charge in [0, 0.05) is 42.6 Å². The van der Waals surface area contributed by atoms with Crippen molar-refractivity contribution in [2.75, 3.05) is 0 Å². The summed E-state index contributed by atoms with van der Waals surface area (Å²) in [5.41, 5.74) is 5.89. The zero-order valence-corrected chi connectivity index (χ0v) is 18.5. The fourth-order valence-electron chi connectivity index (χ4n) is 3.63. The van der Waals surface area contributed by atoms with E-state index in [1.54, 1.807) is 0 Å². The normalized spacial score (nSPS) is 11.8. The summed E-state index contributed by atoms with van der Waals surface area (Å²) < 4.78 is 4.13. The molecule has 0 N–H and O–H groups in total. The molecule has 0 aliphatic heterocycles. The summed E-state index contributed by atoms with van der Waals surface area (Å²) in [5.74, 6) is 0.00743. The molecule has 0 fully saturated rings. The van der Waals surface area contributed by atoms with E-state index in [1.165, 1.54) is 17.0 Å². The van der Waals surface area contributed by atoms with E-state index < -0.39 is 0 Å². The quantitative estimate of drug-likeness (QED) is 0.585. The van der Waals surface area contributed by atoms with E-state index in [0.717, 1.165) is 11.0 Å². The molecule has 6 heteroatoms. The number of aryl methyl sites for hydroxylation is 1. The molecule has 5 nitrogen and oxygen atoms in total. The fourth-order valence-corrected chi connectivity index (χ4v) is 4.00. The lowest BCUT2D eigenvalue weighted by molar-refractivity contribution is 0.0690. The van der Waals surface area contributed by atoms with Gasteiger partial charge in [-0.1, -0.05) is 0 Å². The van der Waals surface area contributed by atoms with Crippen LogP contribution in [-0.2, 0) is 13.6 Å². The van der Waals surface area contributed by atoms with Crippen LogP contribution in [0.3, 0.4) is 0 Å². The number of hydrogen-bond donors (Lipinski definition) is 0. The molecule has 2 aromatic heterocycles. The Hall–Kier alpha value is -2.27. The van der Waals surface area contributed by atoms with Gasteiger partial charge in [-0.15, -0.1) is 0 Å². The Balaban J connectivity index is 1.96. The van der Waals surface area contributed by atoms with Crippen molar-refractivity contribution in [2.24, 2.45) is 7.05 Å². The Labute approximate surface area is 171 Å². The minimum absolute atomic E-state index is 0.00743. The van der Waals surface area contributed by atoms with Crippen molar-refractivity contribution in [3.63, 3.8) is 0 Å². The summed E-state index contributed by atoms with van der Waals surface area (Å²) in [6, 6.07) is 8.11. The first-order valence-electron chi connectivity index (χ1n) is 9.72. The highest BCUT2D eigenvalue weighted by atomic mass is 35.5. The monoisotopic (exact) mass is 400 g/mol. The maximum Gasteiger partial charge on any atom is 0.254 e. The number of rotatable bonds is 5. The van der Waals surface area contributed by atoms with E-state index >= 15 is 0 Å². The van der Waals surface area contributed by atoms with Crippen LogP contribution in [0.1, 0.15) is 61.0 Å². The number of fused-ring (bicyclic) bond motifs is 1. The van der Waals surface area contributed by atoms with Crippen molar-refractivity contribution in [3.05, 3.63) is 52.1 Å². The van der Waals surface area contributed by atoms with Crippen LogP contribution in [0.5, 0.6) is 0 Å². The molecule has 0 bridgehead atoms. The maximum atomic E-state index is 13.3. The molecule has 2 heterocycles. The molecule has 0 saturated heterocycles. The standard InChI is InChI=1S/C22H29ClN4O/c1-13(2)26(12-18-10-15(5)25(7)16(18)6)21(28)17-8-9-20-19(11-17)24-22(23)27(20)14(3)4/h8-11,13-14H,12H2,1-7H3. The van der Waals surface area contributed by atoms with Crippen LogP contribution in [-0.4, -0.2) is 31.0 Å². The molecule has 0 saturated carbocycles. The highest BCUT2D eigenvalue weighted by Crippen LogP contribution is 2.26. The molecular weight excluding hydrogens is 372 g/mol. The Morgan fingerprint density at radius 2 is 1.86 bits per heavy atom. The maximum absolute atomic E-state index is 13.3. The van der Waals surface area contributed by atoms with E-state index in [2.05, 4.69) is 50.4 Å². The van der Waals surface area contributed by atoms with E-state index in [4.69, 9.17) is 11.6 Å². The van der Waals surface area contributed by atoms with Crippen molar-refractivity contribution in [1.29, 1.82) is 0 Å². The third-order valence-electron chi connectivity index (χ3n) is 5.51. The summed E-state index contributed by atoms with van der Waals surface area (Å²) in [6.07, 6.45) is 0. The number of hydrogen-bond acceptors (Lipinski definition) is 2. The van der Waals surface area contributed by atoms with Gasteiger partial charge in [0.2, 0.25) is 5.28 Å². The second-order valence-corrected chi connectivity index (χ2v) is 8.37. The number of aromatic nitrogens is 3. The Kier molecular flexibility index (Phi) is 5.57. The molecule has 150 valence electrons. The molecule has 1 aromatic carbocycles. The molecular formula is C22H29ClN4O. The Bertz CT molecular complexity index is 1030. The van der Waals surface area contributed by atoms with Crippen molar-refractivity contribution < 1.29 is 4.79 Å². The van der Waals surface area contributed by atoms with Gasteiger partial charge in [0.05, 0.1) is 11.0 Å². The third kappa shape index (κ3) is 3.55. The van der Waals surface area contributed by atoms with Crippen molar-refractivity contribution in [1.82, 2.24) is 19.0 Å². The van der Waals surface area contributed by atoms with Crippen molar-refractivity contribution in [2.45, 2.75) is 60.2 Å². The minimum atomic E-state index is 0.00743. The van der Waals surface area contributed by atoms with Gasteiger partial charge in [0.25, 0.3) is 5.91 Å². The molecule has 0 unspecified atom stereocenters. The molecule has 1 amide bonds. The van der Waals surface area contributed by atoms with E-state index in [1.807, 2.05) is 41.5 Å². The molecule has 28 heavy (non-hydrogen) atoms. The van der Waals surface area contributed by atoms with Crippen LogP contribution < -0.4 is 0 Å². The zero-order chi connectivity index (χ0) is 20.7. The average Bonchev–Trinajstić information content (AvgIpc) is 3.08. The summed E-state index contributed by atoms with van der Waals surface area (Å²) in [4.78, 5) is 19.7. The van der Waals surface area contributed by atoms with Crippen LogP contribution in [0.15, 0.2) is 24.3 Å². The number of carbonyl (C=O) groups is 1. The number of benzene rings is 1. The molecule has 3 aromatic rings. The van der Waals surface area contributed by atoms with E-state index in [0.29, 0.717) is 17.4 Å². The minimum Gasteiger partial charge on any atom is -0.352 e. The van der Waals surface area contributed by atoms with Crippen LogP contribution in [0.25, 0.3) is 11.0 Å². The van der Waals surface area contributed by atoms with Crippen LogP contribution in [0.4, 0.5) is 0 Å². The summed E-state index contributed by atoms with van der Waals surface area (Å²) in [7, 11) is 2.05. The number of amides is 1. The lowest BCUT2D eigenvalue weighted by Gasteiger charge is -2.27. The predicted molar refractivity (Wildman–Crippen MR) is 115 cm³/mol. The number of imidazole rings is 1. The van der Waals surface area contributed by atoms with Crippen molar-refractivity contribution >= 4 is 28.5 Å². The molecule has 0 spiro atoms. The van der Waals surface area contributed by atoms with Gasteiger partial charge in [-0.25, -0.2) is 4.98 Å². The van der Waals surface area contributed by atoms with Gasteiger partial charge in [-0.3, -0.25) is 4.79 Å². The number of nitrogens with zero attached hydrogens (tertiary/aromatic N) is 4. The lowest BCUT2D eigenvalue weighted by Crippen LogP contribution is -2.36. The van der Waals surface area contributed by atoms with Crippen molar-refractivity contribution in [3.8, 4) is 0 Å². The van der Waals surface area contributed by atoms with Gasteiger partial charge in [0.1, 0.15) is 0 Å². The van der Waals surface area contributed by atoms with Gasteiger partial charge >= 0.3 is 0 Å². The number of carbonyl (C=O) groups excluding carboxylic acids is 1. The van der Waals surface area contributed by atoms with Gasteiger partial charge in [-0.05, 0) is 83.0 Å². The predicted octanol–water partition coefficient (Wildman–Crippen LogP) is 5.28. The number of halogens is 1. The largest absolute Gasteiger partial charge is 0.352 e. The first-order chi connectivity index (χ1) is 13.1. The van der Waals surface area contributed by atoms with E-state index in [-0.39, 0.29) is 18.0 Å². The smallest absolute Gasteiger partial charge is 0.254 e. The van der Waals surface area contributed by atoms with Crippen LogP contribution >= 0.6 is 11.6 Å². The second-order valence-electron chi connectivity index (χ2n) is 8.03. The van der Waals surface area contributed by atoms with Gasteiger partial charge in [-0.2, -0.15) is 0 Å². The fraction of sp³-hybridized carbons (Fsp3) is 0.455. The molecule has 0 aliphatic carbocycles.